The van der Waals surface area contributed by atoms with E-state index in [2.05, 4.69) is 16.5 Å². The van der Waals surface area contributed by atoms with E-state index in [4.69, 9.17) is 14.0 Å². The van der Waals surface area contributed by atoms with E-state index in [1.165, 1.54) is 6.26 Å². The van der Waals surface area contributed by atoms with Crippen LogP contribution in [0.5, 0.6) is 5.88 Å². The number of cyclic esters (lactones) is 1. The zero-order valence-corrected chi connectivity index (χ0v) is 14.5. The second kappa shape index (κ2) is 5.99. The summed E-state index contributed by atoms with van der Waals surface area (Å²) < 4.78 is 15.5. The Labute approximate surface area is 155 Å². The van der Waals surface area contributed by atoms with Gasteiger partial charge in [0.05, 0.1) is 18.0 Å². The van der Waals surface area contributed by atoms with E-state index in [0.29, 0.717) is 24.3 Å². The minimum Gasteiger partial charge on any atom is -0.471 e. The molecule has 8 heteroatoms. The van der Waals surface area contributed by atoms with Gasteiger partial charge in [0, 0.05) is 36.7 Å². The lowest BCUT2D eigenvalue weighted by molar-refractivity contribution is 0.102. The van der Waals surface area contributed by atoms with Crippen LogP contribution in [0.25, 0.3) is 0 Å². The molecule has 1 unspecified atom stereocenters. The molecule has 1 aromatic heterocycles. The average molecular weight is 366 g/mol. The Morgan fingerprint density at radius 2 is 2.07 bits per heavy atom. The second-order valence-electron chi connectivity index (χ2n) is 7.16. The lowest BCUT2D eigenvalue weighted by Crippen LogP contribution is -2.27. The number of nitrogens with zero attached hydrogens (tertiary/aromatic N) is 3. The van der Waals surface area contributed by atoms with E-state index in [1.807, 2.05) is 24.3 Å². The van der Waals surface area contributed by atoms with Crippen molar-refractivity contribution in [2.75, 3.05) is 31.1 Å². The van der Waals surface area contributed by atoms with Crippen molar-refractivity contribution in [2.45, 2.75) is 11.5 Å². The zero-order chi connectivity index (χ0) is 18.4. The molecule has 8 nitrogen and oxygen atoms in total. The number of rotatable bonds is 5. The number of nitrogens with one attached hydrogen (secondary N) is 1. The summed E-state index contributed by atoms with van der Waals surface area (Å²) in [6, 6.07) is 11.8. The van der Waals surface area contributed by atoms with Gasteiger partial charge in [0.2, 0.25) is 0 Å². The molecule has 0 radical (unpaired) electrons. The van der Waals surface area contributed by atoms with Gasteiger partial charge in [-0.1, -0.05) is 12.1 Å². The molecule has 3 fully saturated rings. The summed E-state index contributed by atoms with van der Waals surface area (Å²) in [5, 5.41) is 16.7. The van der Waals surface area contributed by atoms with Gasteiger partial charge in [0.1, 0.15) is 12.9 Å². The smallest absolute Gasteiger partial charge is 0.414 e. The van der Waals surface area contributed by atoms with Crippen molar-refractivity contribution in [3.63, 3.8) is 0 Å². The summed E-state index contributed by atoms with van der Waals surface area (Å²) in [6.45, 7) is 2.40. The van der Waals surface area contributed by atoms with Crippen LogP contribution >= 0.6 is 0 Å². The van der Waals surface area contributed by atoms with Gasteiger partial charge in [-0.25, -0.2) is 4.79 Å². The number of nitriles is 1. The monoisotopic (exact) mass is 366 g/mol. The molecule has 1 N–H and O–H groups in total. The maximum atomic E-state index is 12.2. The molecular weight excluding hydrogens is 348 g/mol. The SMILES string of the molecule is N#CC1(c2ccc(N3C[C@H](COc4ccon4)OC3=O)cc2)[C@@H]2CNC[C@@H]21. The minimum atomic E-state index is -0.404. The Bertz CT molecular complexity index is 879. The molecular formula is C19H18N4O4. The lowest BCUT2D eigenvalue weighted by atomic mass is 9.92. The van der Waals surface area contributed by atoms with Crippen LogP contribution in [0.4, 0.5) is 10.5 Å². The highest BCUT2D eigenvalue weighted by atomic mass is 16.6. The number of anilines is 1. The fourth-order valence-corrected chi connectivity index (χ4v) is 4.39. The van der Waals surface area contributed by atoms with E-state index >= 15 is 0 Å². The third kappa shape index (κ3) is 2.46. The maximum absolute atomic E-state index is 12.2. The van der Waals surface area contributed by atoms with Crippen LogP contribution in [0.2, 0.25) is 0 Å². The predicted molar refractivity (Wildman–Crippen MR) is 93.2 cm³/mol. The number of amides is 1. The second-order valence-corrected chi connectivity index (χ2v) is 7.16. The molecule has 138 valence electrons. The number of hydrogen-bond acceptors (Lipinski definition) is 7. The molecule has 1 saturated carbocycles. The number of fused-ring (bicyclic) bond motifs is 1. The molecule has 0 bridgehead atoms. The lowest BCUT2D eigenvalue weighted by Gasteiger charge is -2.17. The van der Waals surface area contributed by atoms with Crippen LogP contribution in [0.1, 0.15) is 5.56 Å². The summed E-state index contributed by atoms with van der Waals surface area (Å²) in [5.74, 6) is 1.14. The Morgan fingerprint density at radius 1 is 1.30 bits per heavy atom. The molecule has 27 heavy (non-hydrogen) atoms. The van der Waals surface area contributed by atoms with Crippen molar-refractivity contribution in [3.8, 4) is 11.9 Å². The van der Waals surface area contributed by atoms with Gasteiger partial charge in [-0.3, -0.25) is 4.90 Å². The minimum absolute atomic E-state index is 0.209. The standard InChI is InChI=1S/C19H18N4O4/c20-11-19(15-7-21-8-16(15)19)12-1-3-13(4-2-12)23-9-14(27-18(23)24)10-25-17-5-6-26-22-17/h1-6,14-16,21H,7-10H2/t14-,15-,16+,19?/m1/s1. The van der Waals surface area contributed by atoms with Gasteiger partial charge in [-0.15, -0.1) is 0 Å². The van der Waals surface area contributed by atoms with Crippen LogP contribution in [0, 0.1) is 23.2 Å². The molecule has 5 rings (SSSR count). The number of carbonyl (C=O) groups excluding carboxylic acids is 1. The summed E-state index contributed by atoms with van der Waals surface area (Å²) in [4.78, 5) is 13.8. The van der Waals surface area contributed by atoms with Gasteiger partial charge >= 0.3 is 6.09 Å². The van der Waals surface area contributed by atoms with Gasteiger partial charge in [-0.2, -0.15) is 5.26 Å². The topological polar surface area (TPSA) is 101 Å². The first-order chi connectivity index (χ1) is 13.2. The van der Waals surface area contributed by atoms with Crippen LogP contribution in [-0.4, -0.2) is 43.6 Å². The summed E-state index contributed by atoms with van der Waals surface area (Å²) in [7, 11) is 0. The Hall–Kier alpha value is -3.05. The molecule has 1 aliphatic carbocycles. The van der Waals surface area contributed by atoms with Gasteiger partial charge in [0.15, 0.2) is 6.10 Å². The van der Waals surface area contributed by atoms with Crippen molar-refractivity contribution in [2.24, 2.45) is 11.8 Å². The van der Waals surface area contributed by atoms with Crippen molar-refractivity contribution in [1.29, 1.82) is 5.26 Å². The van der Waals surface area contributed by atoms with E-state index in [-0.39, 0.29) is 18.1 Å². The molecule has 1 amide bonds. The number of piperidine rings is 1. The molecule has 3 aliphatic rings. The van der Waals surface area contributed by atoms with E-state index in [0.717, 1.165) is 24.3 Å². The highest BCUT2D eigenvalue weighted by Gasteiger charge is 2.68. The largest absolute Gasteiger partial charge is 0.471 e. The van der Waals surface area contributed by atoms with Crippen LogP contribution in [-0.2, 0) is 10.2 Å². The predicted octanol–water partition coefficient (Wildman–Crippen LogP) is 1.69. The van der Waals surface area contributed by atoms with Crippen LogP contribution < -0.4 is 15.0 Å². The highest BCUT2D eigenvalue weighted by molar-refractivity contribution is 5.89. The number of carbonyl (C=O) groups is 1. The first-order valence-electron chi connectivity index (χ1n) is 8.96. The van der Waals surface area contributed by atoms with Crippen LogP contribution in [0.15, 0.2) is 41.1 Å². The normalized spacial score (nSPS) is 31.3. The molecule has 4 atom stereocenters. The van der Waals surface area contributed by atoms with Crippen molar-refractivity contribution < 1.29 is 18.8 Å². The third-order valence-corrected chi connectivity index (χ3v) is 5.82. The van der Waals surface area contributed by atoms with Crippen molar-refractivity contribution >= 4 is 11.8 Å². The van der Waals surface area contributed by atoms with Crippen molar-refractivity contribution in [3.05, 3.63) is 42.2 Å². The fourth-order valence-electron chi connectivity index (χ4n) is 4.39. The molecule has 3 heterocycles. The molecule has 2 aromatic rings. The third-order valence-electron chi connectivity index (χ3n) is 5.82. The van der Waals surface area contributed by atoms with Crippen LogP contribution in [0.3, 0.4) is 0 Å². The molecule has 2 aliphatic heterocycles. The fraction of sp³-hybridized carbons (Fsp3) is 0.421. The first-order valence-corrected chi connectivity index (χ1v) is 8.96. The van der Waals surface area contributed by atoms with E-state index < -0.39 is 6.09 Å². The number of hydrogen-bond donors (Lipinski definition) is 1. The van der Waals surface area contributed by atoms with E-state index in [1.54, 1.807) is 11.0 Å². The molecule has 1 aromatic carbocycles. The molecule has 0 spiro atoms. The number of benzene rings is 1. The van der Waals surface area contributed by atoms with Gasteiger partial charge in [-0.05, 0) is 22.9 Å². The summed E-state index contributed by atoms with van der Waals surface area (Å²) in [5.41, 5.74) is 1.41. The Morgan fingerprint density at radius 3 is 2.74 bits per heavy atom. The average Bonchev–Trinajstić information content (AvgIpc) is 3.23. The Balaban J connectivity index is 1.27. The zero-order valence-electron chi connectivity index (χ0n) is 14.5. The highest BCUT2D eigenvalue weighted by Crippen LogP contribution is 2.61. The van der Waals surface area contributed by atoms with E-state index in [9.17, 15) is 10.1 Å². The van der Waals surface area contributed by atoms with Gasteiger partial charge in [0.25, 0.3) is 5.88 Å². The number of ether oxygens (including phenoxy) is 2. The first kappa shape index (κ1) is 16.1. The summed E-state index contributed by atoms with van der Waals surface area (Å²) >= 11 is 0. The van der Waals surface area contributed by atoms with Gasteiger partial charge < -0.3 is 19.3 Å². The number of aromatic nitrogens is 1. The Kier molecular flexibility index (Phi) is 3.58. The maximum Gasteiger partial charge on any atom is 0.414 e. The quantitative estimate of drug-likeness (QED) is 0.859. The summed E-state index contributed by atoms with van der Waals surface area (Å²) in [6.07, 6.45) is 0.634. The molecule has 2 saturated heterocycles. The van der Waals surface area contributed by atoms with Crippen molar-refractivity contribution in [1.82, 2.24) is 10.5 Å².